The average molecular weight is 410 g/mol. The SMILES string of the molecule is COc1ccc(CNC(=O)c2cccc(Nc3ccc(-c4ccccc4)nn3)c2)cc1. The first-order valence-electron chi connectivity index (χ1n) is 9.88. The maximum Gasteiger partial charge on any atom is 0.251 e. The van der Waals surface area contributed by atoms with Gasteiger partial charge >= 0.3 is 0 Å². The molecule has 0 bridgehead atoms. The Hall–Kier alpha value is -4.19. The van der Waals surface area contributed by atoms with Gasteiger partial charge in [-0.15, -0.1) is 10.2 Å². The van der Waals surface area contributed by atoms with Gasteiger partial charge in [0.2, 0.25) is 0 Å². The Bertz CT molecular complexity index is 1140. The molecule has 0 aliphatic heterocycles. The van der Waals surface area contributed by atoms with Crippen LogP contribution < -0.4 is 15.4 Å². The number of ether oxygens (including phenoxy) is 1. The zero-order valence-corrected chi connectivity index (χ0v) is 17.1. The highest BCUT2D eigenvalue weighted by molar-refractivity contribution is 5.95. The lowest BCUT2D eigenvalue weighted by Gasteiger charge is -2.09. The minimum Gasteiger partial charge on any atom is -0.497 e. The summed E-state index contributed by atoms with van der Waals surface area (Å²) in [7, 11) is 1.63. The minimum atomic E-state index is -0.148. The van der Waals surface area contributed by atoms with Crippen molar-refractivity contribution in [2.24, 2.45) is 0 Å². The fourth-order valence-electron chi connectivity index (χ4n) is 3.08. The lowest BCUT2D eigenvalue weighted by atomic mass is 10.1. The summed E-state index contributed by atoms with van der Waals surface area (Å²) in [4.78, 5) is 12.6. The van der Waals surface area contributed by atoms with Crippen molar-refractivity contribution in [3.8, 4) is 17.0 Å². The molecule has 0 saturated carbocycles. The summed E-state index contributed by atoms with van der Waals surface area (Å²) in [5.41, 5.74) is 4.14. The van der Waals surface area contributed by atoms with E-state index in [9.17, 15) is 4.79 Å². The van der Waals surface area contributed by atoms with E-state index < -0.39 is 0 Å². The van der Waals surface area contributed by atoms with Gasteiger partial charge in [0.25, 0.3) is 5.91 Å². The van der Waals surface area contributed by atoms with E-state index in [1.165, 1.54) is 0 Å². The van der Waals surface area contributed by atoms with Gasteiger partial charge in [0.1, 0.15) is 5.75 Å². The highest BCUT2D eigenvalue weighted by Crippen LogP contribution is 2.19. The number of amides is 1. The fraction of sp³-hybridized carbons (Fsp3) is 0.0800. The molecule has 1 heterocycles. The number of hydrogen-bond donors (Lipinski definition) is 2. The number of rotatable bonds is 7. The van der Waals surface area contributed by atoms with Crippen LogP contribution in [0, 0.1) is 0 Å². The van der Waals surface area contributed by atoms with Crippen LogP contribution in [0.25, 0.3) is 11.3 Å². The van der Waals surface area contributed by atoms with Crippen LogP contribution in [0.3, 0.4) is 0 Å². The lowest BCUT2D eigenvalue weighted by molar-refractivity contribution is 0.0951. The summed E-state index contributed by atoms with van der Waals surface area (Å²) < 4.78 is 5.15. The van der Waals surface area contributed by atoms with Crippen LogP contribution in [0.5, 0.6) is 5.75 Å². The molecule has 4 aromatic rings. The molecule has 0 unspecified atom stereocenters. The van der Waals surface area contributed by atoms with Crippen molar-refractivity contribution in [3.63, 3.8) is 0 Å². The second-order valence-electron chi connectivity index (χ2n) is 6.91. The molecule has 6 nitrogen and oxygen atoms in total. The number of aromatic nitrogens is 2. The normalized spacial score (nSPS) is 10.4. The second-order valence-corrected chi connectivity index (χ2v) is 6.91. The molecular formula is C25H22N4O2. The number of carbonyl (C=O) groups is 1. The number of carbonyl (C=O) groups excluding carboxylic acids is 1. The third-order valence-corrected chi connectivity index (χ3v) is 4.74. The Morgan fingerprint density at radius 2 is 1.68 bits per heavy atom. The maximum absolute atomic E-state index is 12.6. The number of anilines is 2. The number of hydrogen-bond acceptors (Lipinski definition) is 5. The minimum absolute atomic E-state index is 0.148. The molecule has 154 valence electrons. The number of benzene rings is 3. The van der Waals surface area contributed by atoms with E-state index in [0.29, 0.717) is 17.9 Å². The number of nitrogens with zero attached hydrogens (tertiary/aromatic N) is 2. The van der Waals surface area contributed by atoms with E-state index in [-0.39, 0.29) is 5.91 Å². The maximum atomic E-state index is 12.6. The van der Waals surface area contributed by atoms with Crippen molar-refractivity contribution in [3.05, 3.63) is 102 Å². The first-order valence-corrected chi connectivity index (χ1v) is 9.88. The molecule has 0 saturated heterocycles. The van der Waals surface area contributed by atoms with Crippen LogP contribution in [0.2, 0.25) is 0 Å². The molecule has 4 rings (SSSR count). The van der Waals surface area contributed by atoms with Crippen molar-refractivity contribution >= 4 is 17.4 Å². The molecule has 0 spiro atoms. The Kier molecular flexibility index (Phi) is 6.18. The third-order valence-electron chi connectivity index (χ3n) is 4.74. The van der Waals surface area contributed by atoms with E-state index in [1.54, 1.807) is 19.2 Å². The molecule has 0 atom stereocenters. The standard InChI is InChI=1S/C25H22N4O2/c1-31-22-12-10-18(11-13-22)17-26-25(30)20-8-5-9-21(16-20)27-24-15-14-23(28-29-24)19-6-3-2-4-7-19/h2-16H,17H2,1H3,(H,26,30)(H,27,29). The lowest BCUT2D eigenvalue weighted by Crippen LogP contribution is -2.22. The molecule has 1 aromatic heterocycles. The molecule has 6 heteroatoms. The summed E-state index contributed by atoms with van der Waals surface area (Å²) in [5, 5.41) is 14.7. The Balaban J connectivity index is 1.38. The quantitative estimate of drug-likeness (QED) is 0.457. The van der Waals surface area contributed by atoms with Crippen LogP contribution in [0.4, 0.5) is 11.5 Å². The Morgan fingerprint density at radius 1 is 0.871 bits per heavy atom. The Morgan fingerprint density at radius 3 is 2.39 bits per heavy atom. The molecule has 2 N–H and O–H groups in total. The summed E-state index contributed by atoms with van der Waals surface area (Å²) in [5.74, 6) is 1.24. The van der Waals surface area contributed by atoms with Crippen molar-refractivity contribution in [2.75, 3.05) is 12.4 Å². The number of methoxy groups -OCH3 is 1. The van der Waals surface area contributed by atoms with Gasteiger partial charge in [-0.3, -0.25) is 4.79 Å². The molecule has 0 fully saturated rings. The van der Waals surface area contributed by atoms with Crippen LogP contribution in [-0.2, 0) is 6.54 Å². The zero-order valence-electron chi connectivity index (χ0n) is 17.1. The largest absolute Gasteiger partial charge is 0.497 e. The smallest absolute Gasteiger partial charge is 0.251 e. The van der Waals surface area contributed by atoms with E-state index in [4.69, 9.17) is 4.74 Å². The molecule has 31 heavy (non-hydrogen) atoms. The van der Waals surface area contributed by atoms with E-state index >= 15 is 0 Å². The highest BCUT2D eigenvalue weighted by Gasteiger charge is 2.07. The van der Waals surface area contributed by atoms with Gasteiger partial charge in [-0.05, 0) is 48.0 Å². The van der Waals surface area contributed by atoms with E-state index in [1.807, 2.05) is 78.9 Å². The number of nitrogens with one attached hydrogen (secondary N) is 2. The van der Waals surface area contributed by atoms with Gasteiger partial charge < -0.3 is 15.4 Å². The summed E-state index contributed by atoms with van der Waals surface area (Å²) in [6.45, 7) is 0.437. The fourth-order valence-corrected chi connectivity index (χ4v) is 3.08. The zero-order chi connectivity index (χ0) is 21.5. The van der Waals surface area contributed by atoms with E-state index in [2.05, 4.69) is 20.8 Å². The van der Waals surface area contributed by atoms with Crippen LogP contribution in [-0.4, -0.2) is 23.2 Å². The predicted molar refractivity (Wildman–Crippen MR) is 121 cm³/mol. The molecule has 0 aliphatic carbocycles. The van der Waals surface area contributed by atoms with Gasteiger partial charge in [-0.25, -0.2) is 0 Å². The molecule has 0 radical (unpaired) electrons. The van der Waals surface area contributed by atoms with Crippen molar-refractivity contribution in [1.29, 1.82) is 0 Å². The molecule has 0 aliphatic rings. The van der Waals surface area contributed by atoms with Crippen LogP contribution in [0.15, 0.2) is 91.0 Å². The van der Waals surface area contributed by atoms with Gasteiger partial charge in [0.15, 0.2) is 5.82 Å². The molecule has 3 aromatic carbocycles. The monoisotopic (exact) mass is 410 g/mol. The third kappa shape index (κ3) is 5.25. The Labute approximate surface area is 180 Å². The van der Waals surface area contributed by atoms with Gasteiger partial charge in [-0.2, -0.15) is 0 Å². The predicted octanol–water partition coefficient (Wildman–Crippen LogP) is 4.83. The highest BCUT2D eigenvalue weighted by atomic mass is 16.5. The van der Waals surface area contributed by atoms with Gasteiger partial charge in [0, 0.05) is 23.4 Å². The van der Waals surface area contributed by atoms with Crippen LogP contribution >= 0.6 is 0 Å². The second kappa shape index (κ2) is 9.54. The summed E-state index contributed by atoms with van der Waals surface area (Å²) >= 11 is 0. The average Bonchev–Trinajstić information content (AvgIpc) is 2.84. The van der Waals surface area contributed by atoms with Crippen molar-refractivity contribution in [2.45, 2.75) is 6.54 Å². The van der Waals surface area contributed by atoms with Crippen molar-refractivity contribution in [1.82, 2.24) is 15.5 Å². The van der Waals surface area contributed by atoms with Crippen molar-refractivity contribution < 1.29 is 9.53 Å². The summed E-state index contributed by atoms with van der Waals surface area (Å²) in [6, 6.07) is 28.5. The topological polar surface area (TPSA) is 76.1 Å². The molecule has 1 amide bonds. The van der Waals surface area contributed by atoms with Crippen LogP contribution in [0.1, 0.15) is 15.9 Å². The first kappa shape index (κ1) is 20.1. The van der Waals surface area contributed by atoms with Gasteiger partial charge in [0.05, 0.1) is 12.8 Å². The summed E-state index contributed by atoms with van der Waals surface area (Å²) in [6.07, 6.45) is 0. The first-order chi connectivity index (χ1) is 15.2. The van der Waals surface area contributed by atoms with Gasteiger partial charge in [-0.1, -0.05) is 48.5 Å². The molecular weight excluding hydrogens is 388 g/mol. The van der Waals surface area contributed by atoms with E-state index in [0.717, 1.165) is 28.3 Å².